The number of hydrogen-bond acceptors (Lipinski definition) is 4. The molecule has 1 saturated heterocycles. The maximum absolute atomic E-state index is 12.1. The molecule has 1 aliphatic heterocycles. The predicted molar refractivity (Wildman–Crippen MR) is 84.4 cm³/mol. The van der Waals surface area contributed by atoms with Crippen molar-refractivity contribution in [3.05, 3.63) is 29.8 Å². The number of methoxy groups -OCH3 is 1. The second-order valence-corrected chi connectivity index (χ2v) is 4.88. The van der Waals surface area contributed by atoms with Crippen LogP contribution in [-0.2, 0) is 4.74 Å². The summed E-state index contributed by atoms with van der Waals surface area (Å²) in [6, 6.07) is 7.42. The van der Waals surface area contributed by atoms with E-state index in [1.165, 1.54) is 0 Å². The Hall–Kier alpha value is -1.30. The van der Waals surface area contributed by atoms with Crippen LogP contribution in [0.4, 0.5) is 0 Å². The number of nitrogens with one attached hydrogen (secondary N) is 2. The Bertz CT molecular complexity index is 419. The standard InChI is InChI=1S/C15H22N2O3.ClH/c1-19-9-10-20-14-6-4-12(5-7-14)15(18)17-13-3-2-8-16-11-13;/h4-7,13,16H,2-3,8-11H2,1H3,(H,17,18);1H/t13-;/m0./s1. The molecule has 5 nitrogen and oxygen atoms in total. The second kappa shape index (κ2) is 9.60. The average Bonchev–Trinajstić information content (AvgIpc) is 2.49. The number of carbonyl (C=O) groups excluding carboxylic acids is 1. The van der Waals surface area contributed by atoms with Crippen molar-refractivity contribution >= 4 is 18.3 Å². The Morgan fingerprint density at radius 1 is 1.33 bits per heavy atom. The van der Waals surface area contributed by atoms with E-state index in [4.69, 9.17) is 9.47 Å². The minimum atomic E-state index is -0.0258. The van der Waals surface area contributed by atoms with Gasteiger partial charge in [0, 0.05) is 25.3 Å². The fourth-order valence-corrected chi connectivity index (χ4v) is 2.19. The quantitative estimate of drug-likeness (QED) is 0.783. The molecule has 1 amide bonds. The number of ether oxygens (including phenoxy) is 2. The van der Waals surface area contributed by atoms with E-state index in [1.807, 2.05) is 12.1 Å². The van der Waals surface area contributed by atoms with Gasteiger partial charge in [0.2, 0.25) is 0 Å². The molecule has 1 heterocycles. The van der Waals surface area contributed by atoms with Crippen molar-refractivity contribution in [2.24, 2.45) is 0 Å². The summed E-state index contributed by atoms with van der Waals surface area (Å²) >= 11 is 0. The number of hydrogen-bond donors (Lipinski definition) is 2. The SMILES string of the molecule is COCCOc1ccc(C(=O)N[C@H]2CCCNC2)cc1.Cl. The summed E-state index contributed by atoms with van der Waals surface area (Å²) in [6.45, 7) is 2.95. The summed E-state index contributed by atoms with van der Waals surface area (Å²) in [5, 5.41) is 6.33. The molecule has 0 saturated carbocycles. The molecule has 0 spiro atoms. The molecule has 0 radical (unpaired) electrons. The summed E-state index contributed by atoms with van der Waals surface area (Å²) < 4.78 is 10.4. The van der Waals surface area contributed by atoms with Crippen LogP contribution in [-0.4, -0.2) is 45.4 Å². The van der Waals surface area contributed by atoms with E-state index in [-0.39, 0.29) is 24.4 Å². The molecular formula is C15H23ClN2O3. The fourth-order valence-electron chi connectivity index (χ4n) is 2.19. The van der Waals surface area contributed by atoms with Gasteiger partial charge in [-0.15, -0.1) is 12.4 Å². The molecule has 6 heteroatoms. The van der Waals surface area contributed by atoms with Crippen molar-refractivity contribution in [3.63, 3.8) is 0 Å². The zero-order valence-corrected chi connectivity index (χ0v) is 13.1. The molecule has 2 rings (SSSR count). The fraction of sp³-hybridized carbons (Fsp3) is 0.533. The third-order valence-corrected chi connectivity index (χ3v) is 3.30. The van der Waals surface area contributed by atoms with Crippen LogP contribution < -0.4 is 15.4 Å². The van der Waals surface area contributed by atoms with Crippen LogP contribution >= 0.6 is 12.4 Å². The molecular weight excluding hydrogens is 292 g/mol. The number of amides is 1. The monoisotopic (exact) mass is 314 g/mol. The van der Waals surface area contributed by atoms with Gasteiger partial charge in [0.05, 0.1) is 6.61 Å². The lowest BCUT2D eigenvalue weighted by Crippen LogP contribution is -2.45. The van der Waals surface area contributed by atoms with Gasteiger partial charge >= 0.3 is 0 Å². The van der Waals surface area contributed by atoms with Crippen molar-refractivity contribution in [1.82, 2.24) is 10.6 Å². The topological polar surface area (TPSA) is 59.6 Å². The van der Waals surface area contributed by atoms with Crippen molar-refractivity contribution in [1.29, 1.82) is 0 Å². The van der Waals surface area contributed by atoms with Gasteiger partial charge in [-0.3, -0.25) is 4.79 Å². The summed E-state index contributed by atoms with van der Waals surface area (Å²) in [6.07, 6.45) is 2.15. The highest BCUT2D eigenvalue weighted by molar-refractivity contribution is 5.94. The second-order valence-electron chi connectivity index (χ2n) is 4.88. The predicted octanol–water partition coefficient (Wildman–Crippen LogP) is 1.62. The molecule has 1 aromatic carbocycles. The number of halogens is 1. The van der Waals surface area contributed by atoms with Crippen molar-refractivity contribution in [3.8, 4) is 5.75 Å². The molecule has 118 valence electrons. The first kappa shape index (κ1) is 17.8. The van der Waals surface area contributed by atoms with Crippen LogP contribution in [0.25, 0.3) is 0 Å². The van der Waals surface area contributed by atoms with E-state index in [1.54, 1.807) is 19.2 Å². The third kappa shape index (κ3) is 5.91. The molecule has 1 atom stereocenters. The summed E-state index contributed by atoms with van der Waals surface area (Å²) in [4.78, 5) is 12.1. The Morgan fingerprint density at radius 2 is 2.10 bits per heavy atom. The summed E-state index contributed by atoms with van der Waals surface area (Å²) in [5.41, 5.74) is 0.662. The number of carbonyl (C=O) groups is 1. The minimum absolute atomic E-state index is 0. The van der Waals surface area contributed by atoms with Crippen LogP contribution in [0.1, 0.15) is 23.2 Å². The molecule has 21 heavy (non-hydrogen) atoms. The third-order valence-electron chi connectivity index (χ3n) is 3.30. The van der Waals surface area contributed by atoms with Gasteiger partial charge < -0.3 is 20.1 Å². The normalized spacial score (nSPS) is 17.7. The maximum atomic E-state index is 12.1. The van der Waals surface area contributed by atoms with Gasteiger partial charge in [-0.1, -0.05) is 0 Å². The van der Waals surface area contributed by atoms with Crippen LogP contribution in [0, 0.1) is 0 Å². The largest absolute Gasteiger partial charge is 0.491 e. The smallest absolute Gasteiger partial charge is 0.251 e. The molecule has 1 aromatic rings. The minimum Gasteiger partial charge on any atom is -0.491 e. The first-order chi connectivity index (χ1) is 9.79. The van der Waals surface area contributed by atoms with Crippen LogP contribution in [0.2, 0.25) is 0 Å². The van der Waals surface area contributed by atoms with E-state index >= 15 is 0 Å². The summed E-state index contributed by atoms with van der Waals surface area (Å²) in [7, 11) is 1.64. The molecule has 1 aliphatic rings. The van der Waals surface area contributed by atoms with E-state index in [2.05, 4.69) is 10.6 Å². The van der Waals surface area contributed by atoms with E-state index in [0.29, 0.717) is 18.8 Å². The van der Waals surface area contributed by atoms with Crippen LogP contribution in [0.15, 0.2) is 24.3 Å². The van der Waals surface area contributed by atoms with Gasteiger partial charge in [0.1, 0.15) is 12.4 Å². The number of rotatable bonds is 6. The average molecular weight is 315 g/mol. The molecule has 1 fully saturated rings. The zero-order chi connectivity index (χ0) is 14.2. The molecule has 0 aromatic heterocycles. The number of piperidine rings is 1. The Morgan fingerprint density at radius 3 is 2.71 bits per heavy atom. The van der Waals surface area contributed by atoms with E-state index < -0.39 is 0 Å². The Labute approximate surface area is 131 Å². The molecule has 0 unspecified atom stereocenters. The zero-order valence-electron chi connectivity index (χ0n) is 12.3. The number of benzene rings is 1. The van der Waals surface area contributed by atoms with Gasteiger partial charge in [0.25, 0.3) is 5.91 Å². The van der Waals surface area contributed by atoms with E-state index in [0.717, 1.165) is 31.7 Å². The lowest BCUT2D eigenvalue weighted by Gasteiger charge is -2.23. The highest BCUT2D eigenvalue weighted by Gasteiger charge is 2.16. The molecule has 0 aliphatic carbocycles. The van der Waals surface area contributed by atoms with Gasteiger partial charge in [0.15, 0.2) is 0 Å². The lowest BCUT2D eigenvalue weighted by atomic mass is 10.1. The maximum Gasteiger partial charge on any atom is 0.251 e. The first-order valence-corrected chi connectivity index (χ1v) is 7.03. The molecule has 0 bridgehead atoms. The van der Waals surface area contributed by atoms with Crippen molar-refractivity contribution in [2.45, 2.75) is 18.9 Å². The van der Waals surface area contributed by atoms with Gasteiger partial charge in [-0.2, -0.15) is 0 Å². The summed E-state index contributed by atoms with van der Waals surface area (Å²) in [5.74, 6) is 0.722. The van der Waals surface area contributed by atoms with Gasteiger partial charge in [-0.05, 0) is 43.7 Å². The van der Waals surface area contributed by atoms with Crippen molar-refractivity contribution in [2.75, 3.05) is 33.4 Å². The highest BCUT2D eigenvalue weighted by atomic mass is 35.5. The molecule has 2 N–H and O–H groups in total. The van der Waals surface area contributed by atoms with Crippen LogP contribution in [0.3, 0.4) is 0 Å². The van der Waals surface area contributed by atoms with Crippen molar-refractivity contribution < 1.29 is 14.3 Å². The lowest BCUT2D eigenvalue weighted by molar-refractivity contribution is 0.0930. The van der Waals surface area contributed by atoms with Crippen LogP contribution in [0.5, 0.6) is 5.75 Å². The van der Waals surface area contributed by atoms with E-state index in [9.17, 15) is 4.79 Å². The van der Waals surface area contributed by atoms with Gasteiger partial charge in [-0.25, -0.2) is 0 Å². The highest BCUT2D eigenvalue weighted by Crippen LogP contribution is 2.12. The Kier molecular flexibility index (Phi) is 8.12. The first-order valence-electron chi connectivity index (χ1n) is 7.03. The Balaban J connectivity index is 0.00000220.